The van der Waals surface area contributed by atoms with Gasteiger partial charge in [-0.3, -0.25) is 4.79 Å². The lowest BCUT2D eigenvalue weighted by Gasteiger charge is -2.51. The van der Waals surface area contributed by atoms with Gasteiger partial charge in [0.05, 0.1) is 24.2 Å². The zero-order valence-corrected chi connectivity index (χ0v) is 9.33. The molecule has 15 heavy (non-hydrogen) atoms. The lowest BCUT2D eigenvalue weighted by molar-refractivity contribution is -0.165. The molecule has 2 fully saturated rings. The third-order valence-electron chi connectivity index (χ3n) is 3.64. The molecule has 1 saturated carbocycles. The van der Waals surface area contributed by atoms with Crippen molar-refractivity contribution in [3.63, 3.8) is 0 Å². The van der Waals surface area contributed by atoms with Crippen LogP contribution in [0.4, 0.5) is 0 Å². The van der Waals surface area contributed by atoms with E-state index in [1.165, 1.54) is 0 Å². The van der Waals surface area contributed by atoms with Crippen molar-refractivity contribution in [3.05, 3.63) is 0 Å². The molecule has 0 aromatic carbocycles. The topological polar surface area (TPSA) is 66.6 Å². The summed E-state index contributed by atoms with van der Waals surface area (Å²) in [5.74, 6) is 0.0366. The minimum absolute atomic E-state index is 0.0366. The summed E-state index contributed by atoms with van der Waals surface area (Å²) in [6.07, 6.45) is 4.37. The second-order valence-electron chi connectivity index (χ2n) is 5.15. The Bertz CT molecular complexity index is 268. The number of hydrogen-bond acceptors (Lipinski definition) is 3. The van der Waals surface area contributed by atoms with Crippen LogP contribution in [-0.2, 0) is 4.79 Å². The first-order chi connectivity index (χ1) is 6.99. The molecule has 0 atom stereocenters. The van der Waals surface area contributed by atoms with E-state index in [-0.39, 0.29) is 5.91 Å². The molecule has 1 amide bonds. The predicted octanol–water partition coefficient (Wildman–Crippen LogP) is 0.241. The fourth-order valence-electron chi connectivity index (χ4n) is 2.52. The Morgan fingerprint density at radius 3 is 2.47 bits per heavy atom. The molecule has 2 aliphatic rings. The van der Waals surface area contributed by atoms with E-state index in [1.807, 2.05) is 6.92 Å². The molecule has 0 aromatic heterocycles. The van der Waals surface area contributed by atoms with E-state index < -0.39 is 11.1 Å². The van der Waals surface area contributed by atoms with Crippen molar-refractivity contribution in [2.75, 3.05) is 13.1 Å². The highest BCUT2D eigenvalue weighted by atomic mass is 16.3. The molecular formula is C11H20N2O2. The van der Waals surface area contributed by atoms with Crippen LogP contribution in [0.1, 0.15) is 39.0 Å². The Kier molecular flexibility index (Phi) is 2.51. The van der Waals surface area contributed by atoms with Crippen LogP contribution in [0, 0.1) is 0 Å². The van der Waals surface area contributed by atoms with Gasteiger partial charge in [-0.15, -0.1) is 0 Å². The van der Waals surface area contributed by atoms with Crippen LogP contribution in [0.3, 0.4) is 0 Å². The third-order valence-corrected chi connectivity index (χ3v) is 3.64. The van der Waals surface area contributed by atoms with E-state index in [0.717, 1.165) is 32.1 Å². The number of carbonyl (C=O) groups excluding carboxylic acids is 1. The van der Waals surface area contributed by atoms with Gasteiger partial charge in [0, 0.05) is 0 Å². The van der Waals surface area contributed by atoms with Gasteiger partial charge in [0.25, 0.3) is 0 Å². The maximum Gasteiger partial charge on any atom is 0.242 e. The van der Waals surface area contributed by atoms with Gasteiger partial charge in [-0.1, -0.05) is 13.3 Å². The molecule has 0 bridgehead atoms. The molecule has 0 radical (unpaired) electrons. The van der Waals surface area contributed by atoms with Crippen molar-refractivity contribution in [1.82, 2.24) is 4.90 Å². The smallest absolute Gasteiger partial charge is 0.242 e. The molecule has 0 unspecified atom stereocenters. The number of hydrogen-bond donors (Lipinski definition) is 2. The molecule has 86 valence electrons. The molecule has 0 spiro atoms. The van der Waals surface area contributed by atoms with E-state index in [4.69, 9.17) is 5.73 Å². The summed E-state index contributed by atoms with van der Waals surface area (Å²) in [7, 11) is 0. The van der Waals surface area contributed by atoms with Crippen LogP contribution in [0.25, 0.3) is 0 Å². The number of nitrogens with two attached hydrogens (primary N) is 1. The number of aliphatic hydroxyl groups is 1. The first kappa shape index (κ1) is 10.9. The number of rotatable bonds is 3. The molecule has 1 saturated heterocycles. The van der Waals surface area contributed by atoms with E-state index in [1.54, 1.807) is 4.90 Å². The number of nitrogens with zero attached hydrogens (tertiary/aromatic N) is 1. The highest BCUT2D eigenvalue weighted by molar-refractivity contribution is 5.88. The van der Waals surface area contributed by atoms with E-state index in [0.29, 0.717) is 13.1 Å². The zero-order chi connectivity index (χ0) is 11.1. The van der Waals surface area contributed by atoms with Crippen molar-refractivity contribution in [2.24, 2.45) is 5.73 Å². The summed E-state index contributed by atoms with van der Waals surface area (Å²) < 4.78 is 0. The van der Waals surface area contributed by atoms with Gasteiger partial charge in [0.2, 0.25) is 5.91 Å². The van der Waals surface area contributed by atoms with Gasteiger partial charge in [-0.2, -0.15) is 0 Å². The summed E-state index contributed by atoms with van der Waals surface area (Å²) in [5, 5.41) is 9.95. The Morgan fingerprint density at radius 2 is 2.07 bits per heavy atom. The summed E-state index contributed by atoms with van der Waals surface area (Å²) in [4.78, 5) is 13.6. The van der Waals surface area contributed by atoms with Crippen molar-refractivity contribution >= 4 is 5.91 Å². The van der Waals surface area contributed by atoms with Crippen molar-refractivity contribution < 1.29 is 9.90 Å². The average Bonchev–Trinajstić information content (AvgIpc) is 2.09. The largest absolute Gasteiger partial charge is 0.386 e. The van der Waals surface area contributed by atoms with Crippen LogP contribution in [0.5, 0.6) is 0 Å². The van der Waals surface area contributed by atoms with E-state index in [2.05, 4.69) is 0 Å². The van der Waals surface area contributed by atoms with Gasteiger partial charge >= 0.3 is 0 Å². The molecule has 4 nitrogen and oxygen atoms in total. The second-order valence-corrected chi connectivity index (χ2v) is 5.15. The second kappa shape index (κ2) is 3.46. The normalized spacial score (nSPS) is 26.7. The van der Waals surface area contributed by atoms with Crippen LogP contribution >= 0.6 is 0 Å². The van der Waals surface area contributed by atoms with Gasteiger partial charge in [0.15, 0.2) is 0 Å². The Balaban J connectivity index is 1.86. The van der Waals surface area contributed by atoms with Crippen LogP contribution < -0.4 is 5.73 Å². The van der Waals surface area contributed by atoms with E-state index in [9.17, 15) is 9.90 Å². The highest BCUT2D eigenvalue weighted by Gasteiger charge is 2.50. The Hall–Kier alpha value is -0.610. The molecule has 1 aliphatic carbocycles. The minimum Gasteiger partial charge on any atom is -0.386 e. The van der Waals surface area contributed by atoms with Crippen LogP contribution in [0.15, 0.2) is 0 Å². The number of β-amino-alcohol motifs (C(OH)–C–C–N with tert-alkyl or cyclic N) is 1. The van der Waals surface area contributed by atoms with E-state index >= 15 is 0 Å². The summed E-state index contributed by atoms with van der Waals surface area (Å²) >= 11 is 0. The first-order valence-electron chi connectivity index (χ1n) is 5.80. The standard InChI is InChI=1S/C11H20N2O2/c1-2-4-10(15)7-13(8-10)9(14)11(12)5-3-6-11/h15H,2-8,12H2,1H3. The SMILES string of the molecule is CCCC1(O)CN(C(=O)C2(N)CCC2)C1. The van der Waals surface area contributed by atoms with Crippen LogP contribution in [0.2, 0.25) is 0 Å². The maximum atomic E-state index is 11.9. The third kappa shape index (κ3) is 1.76. The number of carbonyl (C=O) groups is 1. The summed E-state index contributed by atoms with van der Waals surface area (Å²) in [6.45, 7) is 2.98. The molecular weight excluding hydrogens is 192 g/mol. The molecule has 1 aliphatic heterocycles. The minimum atomic E-state index is -0.634. The van der Waals surface area contributed by atoms with Crippen molar-refractivity contribution in [1.29, 1.82) is 0 Å². The zero-order valence-electron chi connectivity index (χ0n) is 9.33. The lowest BCUT2D eigenvalue weighted by atomic mass is 9.75. The molecule has 1 heterocycles. The van der Waals surface area contributed by atoms with Gasteiger partial charge in [-0.05, 0) is 25.7 Å². The molecule has 0 aromatic rings. The van der Waals surface area contributed by atoms with Crippen molar-refractivity contribution in [2.45, 2.75) is 50.2 Å². The quantitative estimate of drug-likeness (QED) is 0.704. The predicted molar refractivity (Wildman–Crippen MR) is 57.2 cm³/mol. The van der Waals surface area contributed by atoms with Gasteiger partial charge in [-0.25, -0.2) is 0 Å². The fraction of sp³-hybridized carbons (Fsp3) is 0.909. The Labute approximate surface area is 90.4 Å². The van der Waals surface area contributed by atoms with Gasteiger partial charge in [0.1, 0.15) is 0 Å². The number of amides is 1. The lowest BCUT2D eigenvalue weighted by Crippen LogP contribution is -2.70. The summed E-state index contributed by atoms with van der Waals surface area (Å²) in [6, 6.07) is 0. The monoisotopic (exact) mass is 212 g/mol. The Morgan fingerprint density at radius 1 is 1.47 bits per heavy atom. The molecule has 2 rings (SSSR count). The first-order valence-corrected chi connectivity index (χ1v) is 5.80. The number of likely N-dealkylation sites (tertiary alicyclic amines) is 1. The summed E-state index contributed by atoms with van der Waals surface area (Å²) in [5.41, 5.74) is 4.71. The van der Waals surface area contributed by atoms with Crippen molar-refractivity contribution in [3.8, 4) is 0 Å². The molecule has 3 N–H and O–H groups in total. The fourth-order valence-corrected chi connectivity index (χ4v) is 2.52. The molecule has 4 heteroatoms. The van der Waals surface area contributed by atoms with Gasteiger partial charge < -0.3 is 15.7 Å². The van der Waals surface area contributed by atoms with Crippen LogP contribution in [-0.4, -0.2) is 40.1 Å². The average molecular weight is 212 g/mol. The highest BCUT2D eigenvalue weighted by Crippen LogP contribution is 2.35. The maximum absolute atomic E-state index is 11.9.